The van der Waals surface area contributed by atoms with Crippen LogP contribution in [-0.4, -0.2) is 27.8 Å². The Bertz CT molecular complexity index is 894. The molecule has 2 heterocycles. The van der Waals surface area contributed by atoms with Crippen LogP contribution in [0.3, 0.4) is 0 Å². The van der Waals surface area contributed by atoms with Crippen molar-refractivity contribution in [1.82, 2.24) is 10.0 Å². The van der Waals surface area contributed by atoms with Crippen molar-refractivity contribution in [1.29, 1.82) is 0 Å². The number of hydrogen-bond donors (Lipinski definition) is 1. The number of aromatic nitrogens is 1. The third-order valence-corrected chi connectivity index (χ3v) is 3.76. The summed E-state index contributed by atoms with van der Waals surface area (Å²) in [6, 6.07) is 7.93. The largest absolute Gasteiger partial charge is 0.337 e. The van der Waals surface area contributed by atoms with Crippen molar-refractivity contribution in [3.63, 3.8) is 0 Å². The number of hydroxylamine groups is 2. The molecular formula is C17H14N2O5. The van der Waals surface area contributed by atoms with E-state index in [1.165, 1.54) is 12.1 Å². The van der Waals surface area contributed by atoms with Crippen LogP contribution in [0.1, 0.15) is 37.5 Å². The quantitative estimate of drug-likeness (QED) is 0.857. The van der Waals surface area contributed by atoms with Gasteiger partial charge in [-0.15, -0.1) is 0 Å². The van der Waals surface area contributed by atoms with E-state index in [1.807, 2.05) is 0 Å². The molecule has 1 aromatic carbocycles. The van der Waals surface area contributed by atoms with Gasteiger partial charge >= 0.3 is 5.97 Å². The van der Waals surface area contributed by atoms with E-state index in [4.69, 9.17) is 4.84 Å². The Morgan fingerprint density at radius 2 is 1.67 bits per heavy atom. The van der Waals surface area contributed by atoms with Crippen LogP contribution in [0.25, 0.3) is 0 Å². The van der Waals surface area contributed by atoms with Crippen LogP contribution in [0.5, 0.6) is 0 Å². The van der Waals surface area contributed by atoms with E-state index >= 15 is 0 Å². The van der Waals surface area contributed by atoms with Gasteiger partial charge in [-0.1, -0.05) is 17.2 Å². The molecule has 7 heteroatoms. The van der Waals surface area contributed by atoms with Gasteiger partial charge in [-0.3, -0.25) is 14.4 Å². The summed E-state index contributed by atoms with van der Waals surface area (Å²) >= 11 is 0. The zero-order chi connectivity index (χ0) is 17.4. The van der Waals surface area contributed by atoms with Gasteiger partial charge in [0.15, 0.2) is 0 Å². The highest BCUT2D eigenvalue weighted by Crippen LogP contribution is 2.22. The molecule has 24 heavy (non-hydrogen) atoms. The fourth-order valence-corrected chi connectivity index (χ4v) is 2.63. The van der Waals surface area contributed by atoms with Crippen LogP contribution in [0.15, 0.2) is 35.1 Å². The van der Waals surface area contributed by atoms with E-state index in [-0.39, 0.29) is 23.1 Å². The SMILES string of the molecule is Cc1cc(C)c(CC(=O)ON2C(=O)c3ccccc3C2=O)c(=O)[nH]1. The van der Waals surface area contributed by atoms with Gasteiger partial charge in [0.25, 0.3) is 17.4 Å². The first-order chi connectivity index (χ1) is 11.4. The maximum atomic E-state index is 12.1. The van der Waals surface area contributed by atoms with Crippen molar-refractivity contribution in [2.75, 3.05) is 0 Å². The molecule has 1 aliphatic heterocycles. The molecule has 0 saturated carbocycles. The van der Waals surface area contributed by atoms with E-state index < -0.39 is 23.3 Å². The van der Waals surface area contributed by atoms with Crippen LogP contribution in [0.4, 0.5) is 0 Å². The smallest absolute Gasteiger partial charge is 0.329 e. The molecule has 0 bridgehead atoms. The van der Waals surface area contributed by atoms with Crippen LogP contribution in [0.2, 0.25) is 0 Å². The van der Waals surface area contributed by atoms with Crippen molar-refractivity contribution in [2.45, 2.75) is 20.3 Å². The standard InChI is InChI=1S/C17H14N2O5/c1-9-7-10(2)18-15(21)13(9)8-14(20)24-19-16(22)11-5-3-4-6-12(11)17(19)23/h3-7H,8H2,1-2H3,(H,18,21). The number of fused-ring (bicyclic) bond motifs is 1. The van der Waals surface area contributed by atoms with Crippen molar-refractivity contribution in [2.24, 2.45) is 0 Å². The average molecular weight is 326 g/mol. The Morgan fingerprint density at radius 1 is 1.08 bits per heavy atom. The lowest BCUT2D eigenvalue weighted by Crippen LogP contribution is -2.34. The lowest BCUT2D eigenvalue weighted by Gasteiger charge is -2.13. The fraction of sp³-hybridized carbons (Fsp3) is 0.176. The average Bonchev–Trinajstić information content (AvgIpc) is 2.76. The van der Waals surface area contributed by atoms with Gasteiger partial charge in [-0.2, -0.15) is 0 Å². The first kappa shape index (κ1) is 15.7. The van der Waals surface area contributed by atoms with Crippen molar-refractivity contribution >= 4 is 17.8 Å². The second-order valence-corrected chi connectivity index (χ2v) is 5.53. The summed E-state index contributed by atoms with van der Waals surface area (Å²) in [7, 11) is 0. The minimum absolute atomic E-state index is 0.180. The van der Waals surface area contributed by atoms with E-state index in [9.17, 15) is 19.2 Å². The van der Waals surface area contributed by atoms with Crippen molar-refractivity contribution in [3.8, 4) is 0 Å². The minimum Gasteiger partial charge on any atom is -0.329 e. The van der Waals surface area contributed by atoms with Gasteiger partial charge in [-0.05, 0) is 37.6 Å². The third-order valence-electron chi connectivity index (χ3n) is 3.76. The fourth-order valence-electron chi connectivity index (χ4n) is 2.63. The summed E-state index contributed by atoms with van der Waals surface area (Å²) in [6.45, 7) is 3.43. The highest BCUT2D eigenvalue weighted by Gasteiger charge is 2.38. The van der Waals surface area contributed by atoms with Crippen molar-refractivity contribution in [3.05, 3.63) is 68.6 Å². The number of nitrogens with one attached hydrogen (secondary N) is 1. The molecule has 1 aliphatic rings. The second kappa shape index (κ2) is 5.77. The van der Waals surface area contributed by atoms with E-state index in [0.717, 1.165) is 0 Å². The predicted octanol–water partition coefficient (Wildman–Crippen LogP) is 1.29. The van der Waals surface area contributed by atoms with Gasteiger partial charge in [0, 0.05) is 11.3 Å². The Balaban J connectivity index is 1.79. The van der Waals surface area contributed by atoms with Crippen LogP contribution in [0, 0.1) is 13.8 Å². The van der Waals surface area contributed by atoms with Gasteiger partial charge in [0.05, 0.1) is 17.5 Å². The Labute approximate surface area is 136 Å². The molecule has 0 radical (unpaired) electrons. The summed E-state index contributed by atoms with van der Waals surface area (Å²) in [4.78, 5) is 55.8. The molecule has 0 atom stereocenters. The summed E-state index contributed by atoms with van der Waals surface area (Å²) in [5.41, 5.74) is 1.51. The molecule has 2 amide bonds. The number of pyridine rings is 1. The zero-order valence-electron chi connectivity index (χ0n) is 13.1. The predicted molar refractivity (Wildman–Crippen MR) is 83.3 cm³/mol. The molecule has 0 unspecified atom stereocenters. The molecule has 0 saturated heterocycles. The monoisotopic (exact) mass is 326 g/mol. The number of benzene rings is 1. The van der Waals surface area contributed by atoms with Crippen LogP contribution >= 0.6 is 0 Å². The molecule has 0 fully saturated rings. The molecule has 122 valence electrons. The van der Waals surface area contributed by atoms with Crippen LogP contribution < -0.4 is 5.56 Å². The molecule has 0 aliphatic carbocycles. The number of aromatic amines is 1. The summed E-state index contributed by atoms with van der Waals surface area (Å²) in [5, 5.41) is 0.435. The van der Waals surface area contributed by atoms with Gasteiger partial charge in [-0.25, -0.2) is 4.79 Å². The van der Waals surface area contributed by atoms with E-state index in [2.05, 4.69) is 4.98 Å². The van der Waals surface area contributed by atoms with E-state index in [0.29, 0.717) is 16.3 Å². The molecule has 0 spiro atoms. The normalized spacial score (nSPS) is 13.2. The maximum Gasteiger partial charge on any atom is 0.337 e. The molecule has 7 nitrogen and oxygen atoms in total. The number of rotatable bonds is 3. The lowest BCUT2D eigenvalue weighted by atomic mass is 10.1. The molecule has 1 aromatic heterocycles. The van der Waals surface area contributed by atoms with Gasteiger partial charge in [0.2, 0.25) is 0 Å². The molecule has 2 aromatic rings. The molecular weight excluding hydrogens is 312 g/mol. The minimum atomic E-state index is -0.859. The summed E-state index contributed by atoms with van der Waals surface area (Å²) < 4.78 is 0. The molecule has 1 N–H and O–H groups in total. The maximum absolute atomic E-state index is 12.1. The first-order valence-electron chi connectivity index (χ1n) is 7.26. The lowest BCUT2D eigenvalue weighted by molar-refractivity contribution is -0.167. The highest BCUT2D eigenvalue weighted by atomic mass is 16.7. The van der Waals surface area contributed by atoms with Gasteiger partial charge < -0.3 is 9.82 Å². The zero-order valence-corrected chi connectivity index (χ0v) is 13.1. The van der Waals surface area contributed by atoms with E-state index in [1.54, 1.807) is 32.0 Å². The third kappa shape index (κ3) is 2.60. The summed E-state index contributed by atoms with van der Waals surface area (Å²) in [6.07, 6.45) is -0.338. The number of carbonyl (C=O) groups excluding carboxylic acids is 3. The number of hydrogen-bond acceptors (Lipinski definition) is 5. The number of carbonyl (C=O) groups is 3. The van der Waals surface area contributed by atoms with Crippen molar-refractivity contribution < 1.29 is 19.2 Å². The Morgan fingerprint density at radius 3 is 2.21 bits per heavy atom. The Kier molecular flexibility index (Phi) is 3.76. The second-order valence-electron chi connectivity index (χ2n) is 5.53. The number of imide groups is 1. The number of aryl methyl sites for hydroxylation is 2. The summed E-state index contributed by atoms with van der Waals surface area (Å²) in [5.74, 6) is -2.25. The Hall–Kier alpha value is -3.22. The topological polar surface area (TPSA) is 96.5 Å². The van der Waals surface area contributed by atoms with Crippen LogP contribution in [-0.2, 0) is 16.1 Å². The number of nitrogens with zero attached hydrogens (tertiary/aromatic N) is 1. The molecule has 3 rings (SSSR count). The highest BCUT2D eigenvalue weighted by molar-refractivity contribution is 6.20. The number of amides is 2. The van der Waals surface area contributed by atoms with Gasteiger partial charge in [0.1, 0.15) is 0 Å². The first-order valence-corrected chi connectivity index (χ1v) is 7.26. The number of H-pyrrole nitrogens is 1.